The number of Topliss-reactive ketones (excluding diaryl/α,β-unsaturated/α-hetero) is 1. The highest BCUT2D eigenvalue weighted by molar-refractivity contribution is 6.43. The van der Waals surface area contributed by atoms with Crippen LogP contribution in [0.15, 0.2) is 48.9 Å². The molecule has 0 N–H and O–H groups in total. The average Bonchev–Trinajstić information content (AvgIpc) is 3.08. The third-order valence-corrected chi connectivity index (χ3v) is 5.15. The third kappa shape index (κ3) is 3.61. The second kappa shape index (κ2) is 7.83. The van der Waals surface area contributed by atoms with Crippen LogP contribution in [-0.2, 0) is 4.79 Å². The van der Waals surface area contributed by atoms with E-state index in [0.29, 0.717) is 43.1 Å². The lowest BCUT2D eigenvalue weighted by Crippen LogP contribution is -2.51. The van der Waals surface area contributed by atoms with Gasteiger partial charge >= 0.3 is 0 Å². The molecule has 1 fully saturated rings. The summed E-state index contributed by atoms with van der Waals surface area (Å²) in [5.74, 6) is -0.209. The van der Waals surface area contributed by atoms with Crippen molar-refractivity contribution in [1.29, 1.82) is 0 Å². The molecular formula is C21H22N6O2. The minimum absolute atomic E-state index is 0.384. The Kier molecular flexibility index (Phi) is 5.07. The fraction of sp³-hybridized carbons (Fsp3) is 0.286. The minimum atomic E-state index is -0.505. The molecule has 0 saturated carbocycles. The maximum atomic E-state index is 13.0. The van der Waals surface area contributed by atoms with E-state index in [0.717, 1.165) is 11.5 Å². The van der Waals surface area contributed by atoms with Gasteiger partial charge in [0.25, 0.3) is 11.7 Å². The molecule has 1 aliphatic rings. The van der Waals surface area contributed by atoms with Crippen LogP contribution >= 0.6 is 0 Å². The van der Waals surface area contributed by atoms with Gasteiger partial charge in [0.1, 0.15) is 5.82 Å². The maximum absolute atomic E-state index is 13.0. The first kappa shape index (κ1) is 18.8. The van der Waals surface area contributed by atoms with E-state index in [4.69, 9.17) is 0 Å². The van der Waals surface area contributed by atoms with Crippen molar-refractivity contribution < 1.29 is 9.59 Å². The molecule has 148 valence electrons. The first-order valence-corrected chi connectivity index (χ1v) is 9.52. The van der Waals surface area contributed by atoms with Gasteiger partial charge in [0, 0.05) is 38.6 Å². The Balaban J connectivity index is 1.49. The van der Waals surface area contributed by atoms with Crippen LogP contribution in [0.2, 0.25) is 0 Å². The van der Waals surface area contributed by atoms with Crippen LogP contribution in [0.5, 0.6) is 0 Å². The SMILES string of the molecule is Cc1nn(-c2ccccc2)c(C)c1C(=O)C(=O)N1CCN(c2cnccn2)CC1. The summed E-state index contributed by atoms with van der Waals surface area (Å²) in [7, 11) is 0. The third-order valence-electron chi connectivity index (χ3n) is 5.15. The number of nitrogens with zero attached hydrogens (tertiary/aromatic N) is 6. The molecule has 0 bridgehead atoms. The largest absolute Gasteiger partial charge is 0.352 e. The fourth-order valence-electron chi connectivity index (χ4n) is 3.64. The highest BCUT2D eigenvalue weighted by atomic mass is 16.2. The van der Waals surface area contributed by atoms with Gasteiger partial charge in [-0.3, -0.25) is 14.6 Å². The second-order valence-electron chi connectivity index (χ2n) is 6.97. The number of para-hydroxylation sites is 1. The molecule has 4 rings (SSSR count). The van der Waals surface area contributed by atoms with E-state index in [9.17, 15) is 9.59 Å². The molecular weight excluding hydrogens is 368 g/mol. The summed E-state index contributed by atoms with van der Waals surface area (Å²) in [5.41, 5.74) is 2.47. The number of carbonyl (C=O) groups excluding carboxylic acids is 2. The van der Waals surface area contributed by atoms with E-state index < -0.39 is 11.7 Å². The number of hydrogen-bond acceptors (Lipinski definition) is 6. The molecule has 0 radical (unpaired) electrons. The molecule has 29 heavy (non-hydrogen) atoms. The monoisotopic (exact) mass is 390 g/mol. The Bertz CT molecular complexity index is 1020. The fourth-order valence-corrected chi connectivity index (χ4v) is 3.64. The normalized spacial score (nSPS) is 14.1. The van der Waals surface area contributed by atoms with Crippen LogP contribution in [0.4, 0.5) is 5.82 Å². The van der Waals surface area contributed by atoms with Crippen molar-refractivity contribution in [1.82, 2.24) is 24.6 Å². The van der Waals surface area contributed by atoms with Crippen molar-refractivity contribution in [2.45, 2.75) is 13.8 Å². The number of rotatable bonds is 4. The van der Waals surface area contributed by atoms with Gasteiger partial charge in [-0.2, -0.15) is 5.10 Å². The highest BCUT2D eigenvalue weighted by Gasteiger charge is 2.31. The smallest absolute Gasteiger partial charge is 0.295 e. The molecule has 1 aromatic carbocycles. The van der Waals surface area contributed by atoms with E-state index in [1.807, 2.05) is 37.3 Å². The lowest BCUT2D eigenvalue weighted by molar-refractivity contribution is -0.126. The summed E-state index contributed by atoms with van der Waals surface area (Å²) < 4.78 is 1.71. The van der Waals surface area contributed by atoms with Gasteiger partial charge in [0.05, 0.1) is 28.8 Å². The number of amides is 1. The summed E-state index contributed by atoms with van der Waals surface area (Å²) in [6, 6.07) is 9.58. The predicted molar refractivity (Wildman–Crippen MR) is 108 cm³/mol. The summed E-state index contributed by atoms with van der Waals surface area (Å²) in [5, 5.41) is 4.48. The van der Waals surface area contributed by atoms with Crippen molar-refractivity contribution in [3.8, 4) is 5.69 Å². The van der Waals surface area contributed by atoms with Crippen LogP contribution in [0.25, 0.3) is 5.69 Å². The number of hydrogen-bond donors (Lipinski definition) is 0. The van der Waals surface area contributed by atoms with E-state index in [1.165, 1.54) is 0 Å². The number of ketones is 1. The summed E-state index contributed by atoms with van der Waals surface area (Å²) in [4.78, 5) is 37.9. The summed E-state index contributed by atoms with van der Waals surface area (Å²) in [6.07, 6.45) is 4.97. The van der Waals surface area contributed by atoms with Crippen molar-refractivity contribution in [2.75, 3.05) is 31.1 Å². The minimum Gasteiger partial charge on any atom is -0.352 e. The molecule has 1 aliphatic heterocycles. The van der Waals surface area contributed by atoms with E-state index in [-0.39, 0.29) is 0 Å². The zero-order valence-electron chi connectivity index (χ0n) is 16.4. The van der Waals surface area contributed by atoms with Crippen molar-refractivity contribution in [3.63, 3.8) is 0 Å². The highest BCUT2D eigenvalue weighted by Crippen LogP contribution is 2.20. The zero-order valence-corrected chi connectivity index (χ0v) is 16.4. The number of benzene rings is 1. The summed E-state index contributed by atoms with van der Waals surface area (Å²) >= 11 is 0. The lowest BCUT2D eigenvalue weighted by Gasteiger charge is -2.34. The molecule has 2 aromatic heterocycles. The standard InChI is InChI=1S/C21H22N6O2/c1-15-19(16(2)27(24-15)17-6-4-3-5-7-17)20(28)21(29)26-12-10-25(11-13-26)18-14-22-8-9-23-18/h3-9,14H,10-13H2,1-2H3. The van der Waals surface area contributed by atoms with Crippen LogP contribution in [0.1, 0.15) is 21.7 Å². The molecule has 8 nitrogen and oxygen atoms in total. The molecule has 3 heterocycles. The van der Waals surface area contributed by atoms with E-state index in [1.54, 1.807) is 35.1 Å². The van der Waals surface area contributed by atoms with Crippen LogP contribution in [-0.4, -0.2) is 62.5 Å². The number of aromatic nitrogens is 4. The van der Waals surface area contributed by atoms with Gasteiger partial charge in [0.15, 0.2) is 0 Å². The quantitative estimate of drug-likeness (QED) is 0.499. The number of carbonyl (C=O) groups is 2. The van der Waals surface area contributed by atoms with Gasteiger partial charge in [-0.15, -0.1) is 0 Å². The summed E-state index contributed by atoms with van der Waals surface area (Å²) in [6.45, 7) is 5.73. The van der Waals surface area contributed by atoms with Crippen molar-refractivity contribution in [3.05, 3.63) is 65.9 Å². The van der Waals surface area contributed by atoms with Crippen molar-refractivity contribution >= 4 is 17.5 Å². The zero-order chi connectivity index (χ0) is 20.4. The van der Waals surface area contributed by atoms with Gasteiger partial charge in [-0.1, -0.05) is 18.2 Å². The number of aryl methyl sites for hydroxylation is 1. The Morgan fingerprint density at radius 2 is 1.69 bits per heavy atom. The molecule has 0 spiro atoms. The molecule has 3 aromatic rings. The molecule has 1 saturated heterocycles. The molecule has 0 atom stereocenters. The maximum Gasteiger partial charge on any atom is 0.295 e. The van der Waals surface area contributed by atoms with Gasteiger partial charge in [0.2, 0.25) is 0 Å². The number of piperazine rings is 1. The molecule has 0 aliphatic carbocycles. The van der Waals surface area contributed by atoms with Gasteiger partial charge < -0.3 is 9.80 Å². The Hall–Kier alpha value is -3.55. The van der Waals surface area contributed by atoms with Crippen molar-refractivity contribution in [2.24, 2.45) is 0 Å². The van der Waals surface area contributed by atoms with E-state index >= 15 is 0 Å². The van der Waals surface area contributed by atoms with Gasteiger partial charge in [-0.25, -0.2) is 9.67 Å². The lowest BCUT2D eigenvalue weighted by atomic mass is 10.1. The van der Waals surface area contributed by atoms with Crippen LogP contribution in [0, 0.1) is 13.8 Å². The first-order valence-electron chi connectivity index (χ1n) is 9.52. The average molecular weight is 390 g/mol. The Morgan fingerprint density at radius 1 is 0.966 bits per heavy atom. The van der Waals surface area contributed by atoms with Crippen LogP contribution < -0.4 is 4.90 Å². The Labute approximate surface area is 168 Å². The Morgan fingerprint density at radius 3 is 2.34 bits per heavy atom. The topological polar surface area (TPSA) is 84.2 Å². The first-order chi connectivity index (χ1) is 14.1. The predicted octanol–water partition coefficient (Wildman–Crippen LogP) is 1.81. The number of anilines is 1. The second-order valence-corrected chi connectivity index (χ2v) is 6.97. The molecule has 0 unspecified atom stereocenters. The molecule has 8 heteroatoms. The van der Waals surface area contributed by atoms with Gasteiger partial charge in [-0.05, 0) is 26.0 Å². The van der Waals surface area contributed by atoms with E-state index in [2.05, 4.69) is 20.0 Å². The van der Waals surface area contributed by atoms with Crippen LogP contribution in [0.3, 0.4) is 0 Å². The molecule has 1 amide bonds.